The van der Waals surface area contributed by atoms with E-state index >= 15 is 0 Å². The monoisotopic (exact) mass is 662 g/mol. The van der Waals surface area contributed by atoms with Gasteiger partial charge in [0.2, 0.25) is 5.91 Å². The maximum atomic E-state index is 14.4. The van der Waals surface area contributed by atoms with E-state index in [-0.39, 0.29) is 25.0 Å². The quantitative estimate of drug-likeness (QED) is 0.286. The fraction of sp³-hybridized carbons (Fsp3) is 0.314. The van der Waals surface area contributed by atoms with Crippen LogP contribution in [0.3, 0.4) is 0 Å². The molecule has 14 heteroatoms. The second-order valence-electron chi connectivity index (χ2n) is 13.1. The highest BCUT2D eigenvalue weighted by Crippen LogP contribution is 2.35. The van der Waals surface area contributed by atoms with Gasteiger partial charge in [0.1, 0.15) is 47.1 Å². The van der Waals surface area contributed by atoms with E-state index in [4.69, 9.17) is 14.7 Å². The van der Waals surface area contributed by atoms with Gasteiger partial charge < -0.3 is 29.5 Å². The lowest BCUT2D eigenvalue weighted by molar-refractivity contribution is -0.134. The molecule has 4 bridgehead atoms. The Balaban J connectivity index is 1.22. The number of pyridine rings is 1. The largest absolute Gasteiger partial charge is 0.494 e. The van der Waals surface area contributed by atoms with Gasteiger partial charge in [-0.25, -0.2) is 29.0 Å². The molecule has 0 unspecified atom stereocenters. The van der Waals surface area contributed by atoms with Gasteiger partial charge in [-0.15, -0.1) is 0 Å². The van der Waals surface area contributed by atoms with Crippen LogP contribution < -0.4 is 15.0 Å². The Bertz CT molecular complexity index is 2250. The predicted octanol–water partition coefficient (Wildman–Crippen LogP) is 3.97. The van der Waals surface area contributed by atoms with Crippen LogP contribution in [0.15, 0.2) is 67.1 Å². The Hall–Kier alpha value is -5.63. The standard InChI is InChI=1S/C35H35FN10O3/c1-20-40-26-9-5-7-23-25-8-6-10-30(42-25)41-22-14-28(34(47)43(3)17-35(2,48)18-45(20)31(23)26)44(16-22)32-24-15-39-46(33(24)38-19-37-32)27-12-11-21(36)13-29(27)49-4/h5-13,15,19,22,28,48H,14,16-18H2,1-4H3,(H,41,42)/t22-,28-,35+/m0/s1. The van der Waals surface area contributed by atoms with Crippen molar-refractivity contribution in [3.63, 3.8) is 0 Å². The Kier molecular flexibility index (Phi) is 7.21. The van der Waals surface area contributed by atoms with Crippen LogP contribution in [0.1, 0.15) is 19.2 Å². The molecule has 2 N–H and O–H groups in total. The molecular weight excluding hydrogens is 627 g/mol. The van der Waals surface area contributed by atoms with Crippen molar-refractivity contribution in [2.75, 3.05) is 37.5 Å². The van der Waals surface area contributed by atoms with Crippen LogP contribution >= 0.6 is 0 Å². The number of anilines is 2. The third kappa shape index (κ3) is 5.28. The molecule has 250 valence electrons. The number of rotatable bonds is 3. The summed E-state index contributed by atoms with van der Waals surface area (Å²) in [6, 6.07) is 15.2. The second kappa shape index (κ2) is 11.5. The summed E-state index contributed by atoms with van der Waals surface area (Å²) in [5.74, 6) is 1.68. The van der Waals surface area contributed by atoms with E-state index < -0.39 is 17.5 Å². The number of para-hydroxylation sites is 1. The van der Waals surface area contributed by atoms with Gasteiger partial charge in [-0.05, 0) is 50.6 Å². The maximum Gasteiger partial charge on any atom is 0.245 e. The SMILES string of the molecule is COc1cc(F)ccc1-n1ncc2c(N3C[C@@H]4C[C@H]3C(=O)N(C)C[C@@](C)(O)Cn3c(C)nc5cccc(c53)-c3cccc(n3)N4)ncnc21. The van der Waals surface area contributed by atoms with Crippen molar-refractivity contribution in [2.45, 2.75) is 44.5 Å². The van der Waals surface area contributed by atoms with Crippen molar-refractivity contribution in [2.24, 2.45) is 0 Å². The third-order valence-electron chi connectivity index (χ3n) is 9.36. The first-order chi connectivity index (χ1) is 23.6. The zero-order valence-corrected chi connectivity index (χ0v) is 27.5. The molecule has 6 aromatic rings. The first kappa shape index (κ1) is 30.7. The molecule has 0 spiro atoms. The minimum Gasteiger partial charge on any atom is -0.494 e. The number of amides is 1. The highest BCUT2D eigenvalue weighted by Gasteiger charge is 2.41. The number of nitrogens with zero attached hydrogens (tertiary/aromatic N) is 9. The molecule has 13 nitrogen and oxygen atoms in total. The van der Waals surface area contributed by atoms with Crippen LogP contribution in [-0.2, 0) is 11.3 Å². The number of ether oxygens (including phenoxy) is 1. The van der Waals surface area contributed by atoms with Crippen LogP contribution in [-0.4, -0.2) is 95.1 Å². The average Bonchev–Trinajstić information content (AvgIpc) is 3.79. The van der Waals surface area contributed by atoms with Crippen LogP contribution in [0.4, 0.5) is 16.0 Å². The summed E-state index contributed by atoms with van der Waals surface area (Å²) in [7, 11) is 3.19. The molecule has 49 heavy (non-hydrogen) atoms. The van der Waals surface area contributed by atoms with Crippen molar-refractivity contribution in [3.05, 3.63) is 78.8 Å². The lowest BCUT2D eigenvalue weighted by Crippen LogP contribution is -2.50. The van der Waals surface area contributed by atoms with Crippen LogP contribution in [0, 0.1) is 12.7 Å². The van der Waals surface area contributed by atoms with Gasteiger partial charge >= 0.3 is 0 Å². The first-order valence-electron chi connectivity index (χ1n) is 16.1. The maximum absolute atomic E-state index is 14.4. The highest BCUT2D eigenvalue weighted by atomic mass is 19.1. The summed E-state index contributed by atoms with van der Waals surface area (Å²) in [6.07, 6.45) is 3.54. The van der Waals surface area contributed by atoms with Gasteiger partial charge in [-0.2, -0.15) is 5.10 Å². The number of imidazole rings is 1. The molecule has 1 amide bonds. The van der Waals surface area contributed by atoms with Crippen LogP contribution in [0.2, 0.25) is 0 Å². The minimum absolute atomic E-state index is 0.0863. The number of aryl methyl sites for hydroxylation is 1. The number of fused-ring (bicyclic) bond motifs is 6. The number of nitrogens with one attached hydrogen (secondary N) is 1. The van der Waals surface area contributed by atoms with Gasteiger partial charge in [0.25, 0.3) is 0 Å². The summed E-state index contributed by atoms with van der Waals surface area (Å²) < 4.78 is 23.0. The van der Waals surface area contributed by atoms with E-state index in [2.05, 4.69) is 20.4 Å². The van der Waals surface area contributed by atoms with E-state index in [1.807, 2.05) is 52.8 Å². The number of hydrogen-bond donors (Lipinski definition) is 2. The van der Waals surface area contributed by atoms with E-state index in [1.165, 1.54) is 25.6 Å². The van der Waals surface area contributed by atoms with Gasteiger partial charge in [-0.1, -0.05) is 18.2 Å². The van der Waals surface area contributed by atoms with E-state index in [1.54, 1.807) is 35.8 Å². The molecule has 1 saturated heterocycles. The molecule has 6 heterocycles. The van der Waals surface area contributed by atoms with Crippen LogP contribution in [0.5, 0.6) is 5.75 Å². The predicted molar refractivity (Wildman–Crippen MR) is 182 cm³/mol. The number of aliphatic hydroxyl groups is 1. The van der Waals surface area contributed by atoms with Gasteiger partial charge in [0, 0.05) is 31.3 Å². The third-order valence-corrected chi connectivity index (χ3v) is 9.36. The molecule has 2 aliphatic rings. The van der Waals surface area contributed by atoms with Crippen LogP contribution in [0.25, 0.3) is 39.0 Å². The van der Waals surface area contributed by atoms with E-state index in [0.29, 0.717) is 47.1 Å². The Labute approximate surface area is 281 Å². The zero-order chi connectivity index (χ0) is 34.0. The number of halogens is 1. The molecule has 4 aromatic heterocycles. The topological polar surface area (TPSA) is 139 Å². The molecule has 0 saturated carbocycles. The Morgan fingerprint density at radius 1 is 1.08 bits per heavy atom. The number of carbonyl (C=O) groups is 1. The number of β-amino-alcohol motifs (C(OH)–C–C–N with tert-alkyl or cyclic N) is 1. The minimum atomic E-state index is -1.29. The summed E-state index contributed by atoms with van der Waals surface area (Å²) in [5, 5.41) is 20.6. The molecule has 1 fully saturated rings. The molecule has 3 atom stereocenters. The fourth-order valence-electron chi connectivity index (χ4n) is 7.28. The molecule has 0 radical (unpaired) electrons. The average molecular weight is 663 g/mol. The van der Waals surface area contributed by atoms with Gasteiger partial charge in [0.05, 0.1) is 54.1 Å². The lowest BCUT2D eigenvalue weighted by Gasteiger charge is -2.33. The second-order valence-corrected chi connectivity index (χ2v) is 13.1. The number of hydrogen-bond acceptors (Lipinski definition) is 10. The van der Waals surface area contributed by atoms with Crippen molar-refractivity contribution < 1.29 is 19.0 Å². The molecular formula is C35H35FN10O3. The summed E-state index contributed by atoms with van der Waals surface area (Å²) in [6.45, 7) is 4.40. The number of likely N-dealkylation sites (N-methyl/N-ethyl adjacent to an activating group) is 1. The molecule has 2 aliphatic heterocycles. The Morgan fingerprint density at radius 3 is 2.76 bits per heavy atom. The summed E-state index contributed by atoms with van der Waals surface area (Å²) in [4.78, 5) is 36.9. The summed E-state index contributed by atoms with van der Waals surface area (Å²) >= 11 is 0. The molecule has 2 aromatic carbocycles. The van der Waals surface area contributed by atoms with Crippen molar-refractivity contribution in [1.29, 1.82) is 0 Å². The zero-order valence-electron chi connectivity index (χ0n) is 27.5. The number of methoxy groups -OCH3 is 1. The van der Waals surface area contributed by atoms with E-state index in [9.17, 15) is 14.3 Å². The van der Waals surface area contributed by atoms with Crippen molar-refractivity contribution >= 4 is 39.6 Å². The number of benzene rings is 2. The lowest BCUT2D eigenvalue weighted by atomic mass is 10.0. The molecule has 0 aliphatic carbocycles. The first-order valence-corrected chi connectivity index (χ1v) is 16.1. The van der Waals surface area contributed by atoms with Crippen molar-refractivity contribution in [1.82, 2.24) is 39.2 Å². The normalized spacial score (nSPS) is 21.1. The number of aromatic nitrogens is 7. The fourth-order valence-corrected chi connectivity index (χ4v) is 7.28. The van der Waals surface area contributed by atoms with Crippen molar-refractivity contribution in [3.8, 4) is 22.7 Å². The van der Waals surface area contributed by atoms with Gasteiger partial charge in [0.15, 0.2) is 5.65 Å². The summed E-state index contributed by atoms with van der Waals surface area (Å²) in [5.41, 5.74) is 3.07. The number of carbonyl (C=O) groups excluding carboxylic acids is 1. The van der Waals surface area contributed by atoms with E-state index in [0.717, 1.165) is 28.1 Å². The highest BCUT2D eigenvalue weighted by molar-refractivity contribution is 5.94. The van der Waals surface area contributed by atoms with Gasteiger partial charge in [-0.3, -0.25) is 4.79 Å². The smallest absolute Gasteiger partial charge is 0.245 e. The Morgan fingerprint density at radius 2 is 1.92 bits per heavy atom. The molecule has 8 rings (SSSR count).